The van der Waals surface area contributed by atoms with Gasteiger partial charge < -0.3 is 10.2 Å². The van der Waals surface area contributed by atoms with Gasteiger partial charge >= 0.3 is 0 Å². The Balaban J connectivity index is 2.20. The molecule has 4 nitrogen and oxygen atoms in total. The number of rotatable bonds is 0. The minimum absolute atomic E-state index is 0.366. The summed E-state index contributed by atoms with van der Waals surface area (Å²) >= 11 is 0. The Morgan fingerprint density at radius 1 is 1.67 bits per heavy atom. The lowest BCUT2D eigenvalue weighted by Crippen LogP contribution is -2.55. The molecule has 0 unspecified atom stereocenters. The van der Waals surface area contributed by atoms with Crippen molar-refractivity contribution in [1.82, 2.24) is 10.2 Å². The maximum atomic E-state index is 7.68. The molecule has 1 fully saturated rings. The van der Waals surface area contributed by atoms with Crippen LogP contribution < -0.4 is 5.32 Å². The molecule has 2 aliphatic heterocycles. The molecule has 66 valence electrons. The molecule has 0 aromatic heterocycles. The van der Waals surface area contributed by atoms with Gasteiger partial charge in [-0.25, -0.2) is 0 Å². The van der Waals surface area contributed by atoms with Crippen molar-refractivity contribution in [3.8, 4) is 0 Å². The molecule has 0 aromatic rings. The molecule has 0 aromatic carbocycles. The van der Waals surface area contributed by atoms with E-state index in [1.807, 2.05) is 4.90 Å². The lowest BCUT2D eigenvalue weighted by Gasteiger charge is -2.36. The van der Waals surface area contributed by atoms with Gasteiger partial charge in [-0.3, -0.25) is 10.4 Å². The Labute approximate surface area is 72.2 Å². The SMILES string of the molecule is C[C@H]1CC2=NCCCN2C(=N)N1. The molecule has 1 atom stereocenters. The second kappa shape index (κ2) is 2.77. The second-order valence-corrected chi connectivity index (χ2v) is 3.40. The fourth-order valence-corrected chi connectivity index (χ4v) is 1.70. The van der Waals surface area contributed by atoms with E-state index < -0.39 is 0 Å². The molecule has 4 heteroatoms. The van der Waals surface area contributed by atoms with Crippen LogP contribution in [0.15, 0.2) is 4.99 Å². The highest BCUT2D eigenvalue weighted by atomic mass is 15.3. The summed E-state index contributed by atoms with van der Waals surface area (Å²) in [5, 5.41) is 10.8. The van der Waals surface area contributed by atoms with Crippen LogP contribution in [-0.2, 0) is 0 Å². The van der Waals surface area contributed by atoms with Gasteiger partial charge in [0, 0.05) is 25.6 Å². The van der Waals surface area contributed by atoms with Gasteiger partial charge in [0.25, 0.3) is 0 Å². The number of aliphatic imine (C=N–C) groups is 1. The predicted molar refractivity (Wildman–Crippen MR) is 48.6 cm³/mol. The zero-order valence-electron chi connectivity index (χ0n) is 7.30. The molecule has 1 saturated heterocycles. The summed E-state index contributed by atoms with van der Waals surface area (Å²) in [6, 6.07) is 0.366. The summed E-state index contributed by atoms with van der Waals surface area (Å²) in [7, 11) is 0. The average Bonchev–Trinajstić information content (AvgIpc) is 2.04. The highest BCUT2D eigenvalue weighted by Crippen LogP contribution is 2.12. The van der Waals surface area contributed by atoms with Gasteiger partial charge in [0.1, 0.15) is 5.84 Å². The largest absolute Gasteiger partial charge is 0.353 e. The Morgan fingerprint density at radius 3 is 3.33 bits per heavy atom. The number of hydrogen-bond acceptors (Lipinski definition) is 2. The fraction of sp³-hybridized carbons (Fsp3) is 0.750. The van der Waals surface area contributed by atoms with Crippen LogP contribution in [0, 0.1) is 5.41 Å². The Bertz CT molecular complexity index is 233. The third-order valence-corrected chi connectivity index (χ3v) is 2.29. The van der Waals surface area contributed by atoms with E-state index in [1.54, 1.807) is 0 Å². The van der Waals surface area contributed by atoms with E-state index >= 15 is 0 Å². The number of nitrogens with zero attached hydrogens (tertiary/aromatic N) is 2. The number of guanidine groups is 1. The Morgan fingerprint density at radius 2 is 2.50 bits per heavy atom. The van der Waals surface area contributed by atoms with Crippen LogP contribution in [0.5, 0.6) is 0 Å². The summed E-state index contributed by atoms with van der Waals surface area (Å²) in [5.74, 6) is 1.62. The van der Waals surface area contributed by atoms with Crippen molar-refractivity contribution in [2.75, 3.05) is 13.1 Å². The second-order valence-electron chi connectivity index (χ2n) is 3.40. The third-order valence-electron chi connectivity index (χ3n) is 2.29. The minimum Gasteiger partial charge on any atom is -0.353 e. The first-order chi connectivity index (χ1) is 5.77. The fourth-order valence-electron chi connectivity index (χ4n) is 1.70. The third kappa shape index (κ3) is 1.17. The average molecular weight is 166 g/mol. The van der Waals surface area contributed by atoms with E-state index in [0.29, 0.717) is 12.0 Å². The summed E-state index contributed by atoms with van der Waals surface area (Å²) in [6.07, 6.45) is 2.03. The molecule has 2 aliphatic rings. The summed E-state index contributed by atoms with van der Waals surface area (Å²) in [6.45, 7) is 3.98. The van der Waals surface area contributed by atoms with Crippen LogP contribution in [0.3, 0.4) is 0 Å². The normalized spacial score (nSPS) is 29.1. The molecule has 0 amide bonds. The van der Waals surface area contributed by atoms with Crippen LogP contribution in [0.25, 0.3) is 0 Å². The number of fused-ring (bicyclic) bond motifs is 1. The van der Waals surface area contributed by atoms with Gasteiger partial charge in [0.15, 0.2) is 5.96 Å². The Hall–Kier alpha value is -1.06. The first-order valence-corrected chi connectivity index (χ1v) is 4.43. The van der Waals surface area contributed by atoms with Crippen LogP contribution in [0.4, 0.5) is 0 Å². The van der Waals surface area contributed by atoms with Gasteiger partial charge in [0.05, 0.1) is 0 Å². The molecule has 2 heterocycles. The quantitative estimate of drug-likeness (QED) is 0.547. The first-order valence-electron chi connectivity index (χ1n) is 4.43. The highest BCUT2D eigenvalue weighted by Gasteiger charge is 2.26. The summed E-state index contributed by atoms with van der Waals surface area (Å²) in [5.41, 5.74) is 0. The number of amidine groups is 1. The topological polar surface area (TPSA) is 51.5 Å². The highest BCUT2D eigenvalue weighted by molar-refractivity contribution is 6.01. The number of nitrogens with one attached hydrogen (secondary N) is 2. The van der Waals surface area contributed by atoms with Gasteiger partial charge in [-0.2, -0.15) is 0 Å². The molecule has 0 aliphatic carbocycles. The van der Waals surface area contributed by atoms with Crippen LogP contribution in [0.2, 0.25) is 0 Å². The molecule has 0 radical (unpaired) electrons. The van der Waals surface area contributed by atoms with E-state index in [9.17, 15) is 0 Å². The van der Waals surface area contributed by atoms with Gasteiger partial charge in [-0.1, -0.05) is 0 Å². The van der Waals surface area contributed by atoms with Crippen molar-refractivity contribution in [1.29, 1.82) is 5.41 Å². The molecule has 12 heavy (non-hydrogen) atoms. The maximum absolute atomic E-state index is 7.68. The molecular formula is C8H14N4. The predicted octanol–water partition coefficient (Wildman–Crippen LogP) is 0.407. The standard InChI is InChI=1S/C8H14N4/c1-6-5-7-10-3-2-4-12(7)8(9)11-6/h6H,2-5H2,1H3,(H2,9,11)/t6-/m0/s1. The van der Waals surface area contributed by atoms with Crippen LogP contribution in [-0.4, -0.2) is 35.8 Å². The first kappa shape index (κ1) is 7.58. The lowest BCUT2D eigenvalue weighted by molar-refractivity contribution is 0.459. The van der Waals surface area contributed by atoms with E-state index in [4.69, 9.17) is 5.41 Å². The van der Waals surface area contributed by atoms with Crippen molar-refractivity contribution < 1.29 is 0 Å². The number of hydrogen-bond donors (Lipinski definition) is 2. The maximum Gasteiger partial charge on any atom is 0.196 e. The van der Waals surface area contributed by atoms with Crippen molar-refractivity contribution in [3.05, 3.63) is 0 Å². The van der Waals surface area contributed by atoms with Crippen molar-refractivity contribution in [2.45, 2.75) is 25.8 Å². The minimum atomic E-state index is 0.366. The zero-order chi connectivity index (χ0) is 8.55. The Kier molecular flexibility index (Phi) is 1.75. The van der Waals surface area contributed by atoms with Crippen molar-refractivity contribution in [2.24, 2.45) is 4.99 Å². The van der Waals surface area contributed by atoms with Gasteiger partial charge in [-0.15, -0.1) is 0 Å². The zero-order valence-corrected chi connectivity index (χ0v) is 7.30. The van der Waals surface area contributed by atoms with E-state index in [0.717, 1.165) is 31.8 Å². The van der Waals surface area contributed by atoms with Crippen molar-refractivity contribution in [3.63, 3.8) is 0 Å². The summed E-state index contributed by atoms with van der Waals surface area (Å²) < 4.78 is 0. The van der Waals surface area contributed by atoms with Crippen molar-refractivity contribution >= 4 is 11.8 Å². The molecule has 2 rings (SSSR count). The molecule has 0 bridgehead atoms. The van der Waals surface area contributed by atoms with E-state index in [-0.39, 0.29) is 0 Å². The smallest absolute Gasteiger partial charge is 0.196 e. The lowest BCUT2D eigenvalue weighted by atomic mass is 10.1. The molecular weight excluding hydrogens is 152 g/mol. The monoisotopic (exact) mass is 166 g/mol. The van der Waals surface area contributed by atoms with Gasteiger partial charge in [0.2, 0.25) is 0 Å². The summed E-state index contributed by atoms with van der Waals surface area (Å²) in [4.78, 5) is 6.39. The molecule has 0 spiro atoms. The van der Waals surface area contributed by atoms with Gasteiger partial charge in [-0.05, 0) is 13.3 Å². The molecule has 0 saturated carbocycles. The van der Waals surface area contributed by atoms with Crippen LogP contribution in [0.1, 0.15) is 19.8 Å². The van der Waals surface area contributed by atoms with E-state index in [2.05, 4.69) is 17.2 Å². The van der Waals surface area contributed by atoms with Crippen LogP contribution >= 0.6 is 0 Å². The van der Waals surface area contributed by atoms with E-state index in [1.165, 1.54) is 0 Å². The molecule has 2 N–H and O–H groups in total.